The van der Waals surface area contributed by atoms with Gasteiger partial charge in [0.05, 0.1) is 0 Å². The molecule has 3 N–H and O–H groups in total. The van der Waals surface area contributed by atoms with Gasteiger partial charge in [0.15, 0.2) is 0 Å². The zero-order valence-corrected chi connectivity index (χ0v) is 5.42. The molecule has 0 amide bonds. The molecule has 1 rings (SSSR count). The van der Waals surface area contributed by atoms with E-state index in [0.717, 1.165) is 10.7 Å². The Morgan fingerprint density at radius 1 is 1.60 bits per heavy atom. The van der Waals surface area contributed by atoms with Crippen molar-refractivity contribution in [1.29, 1.82) is 0 Å². The molecule has 0 aromatic carbocycles. The van der Waals surface area contributed by atoms with Crippen LogP contribution in [0.15, 0.2) is 15.7 Å². The molecule has 0 radical (unpaired) electrons. The van der Waals surface area contributed by atoms with Crippen molar-refractivity contribution in [3.8, 4) is 0 Å². The first-order valence-electron chi connectivity index (χ1n) is 2.67. The van der Waals surface area contributed by atoms with Gasteiger partial charge in [-0.1, -0.05) is 0 Å². The zero-order valence-electron chi connectivity index (χ0n) is 5.42. The molecular weight excluding hydrogens is 134 g/mol. The minimum atomic E-state index is -0.442. The molecule has 0 aliphatic heterocycles. The Morgan fingerprint density at radius 3 is 2.70 bits per heavy atom. The number of aromatic amines is 1. The number of rotatable bonds is 0. The number of nitrogens with one attached hydrogen (secondary N) is 1. The van der Waals surface area contributed by atoms with Gasteiger partial charge in [-0.05, 0) is 0 Å². The van der Waals surface area contributed by atoms with Crippen molar-refractivity contribution < 1.29 is 0 Å². The number of aryl methyl sites for hydroxylation is 1. The van der Waals surface area contributed by atoms with Crippen LogP contribution in [-0.4, -0.2) is 9.78 Å². The molecule has 0 saturated heterocycles. The van der Waals surface area contributed by atoms with Gasteiger partial charge in [-0.15, -0.1) is 0 Å². The summed E-state index contributed by atoms with van der Waals surface area (Å²) in [5, 5.41) is 2.23. The number of anilines is 1. The topological polar surface area (TPSA) is 80.9 Å². The van der Waals surface area contributed by atoms with Crippen LogP contribution in [0, 0.1) is 0 Å². The number of nitrogens with two attached hydrogens (primary N) is 1. The van der Waals surface area contributed by atoms with Crippen molar-refractivity contribution in [1.82, 2.24) is 9.78 Å². The second kappa shape index (κ2) is 2.02. The summed E-state index contributed by atoms with van der Waals surface area (Å²) in [5.41, 5.74) is 4.32. The maximum absolute atomic E-state index is 10.7. The van der Waals surface area contributed by atoms with E-state index in [1.807, 2.05) is 0 Å². The predicted octanol–water partition coefficient (Wildman–Crippen LogP) is -1.34. The number of H-pyrrole nitrogens is 1. The van der Waals surface area contributed by atoms with Crippen molar-refractivity contribution in [2.45, 2.75) is 0 Å². The van der Waals surface area contributed by atoms with Crippen LogP contribution in [-0.2, 0) is 7.05 Å². The van der Waals surface area contributed by atoms with Crippen molar-refractivity contribution in [2.24, 2.45) is 7.05 Å². The molecule has 1 aromatic rings. The molecular formula is C5H7N3O2. The van der Waals surface area contributed by atoms with E-state index in [4.69, 9.17) is 5.73 Å². The Labute approximate surface area is 56.1 Å². The van der Waals surface area contributed by atoms with E-state index in [0.29, 0.717) is 0 Å². The zero-order chi connectivity index (χ0) is 7.72. The first kappa shape index (κ1) is 6.60. The molecule has 1 heterocycles. The monoisotopic (exact) mass is 141 g/mol. The van der Waals surface area contributed by atoms with E-state index >= 15 is 0 Å². The summed E-state index contributed by atoms with van der Waals surface area (Å²) in [6.45, 7) is 0. The predicted molar refractivity (Wildman–Crippen MR) is 36.7 cm³/mol. The number of hydrogen-bond acceptors (Lipinski definition) is 3. The highest BCUT2D eigenvalue weighted by Gasteiger charge is 1.94. The smallest absolute Gasteiger partial charge is 0.285 e. The van der Waals surface area contributed by atoms with Crippen LogP contribution in [0.25, 0.3) is 0 Å². The quantitative estimate of drug-likeness (QED) is 0.469. The SMILES string of the molecule is Cn1[nH]c(=O)c(N)cc1=O. The van der Waals surface area contributed by atoms with E-state index < -0.39 is 5.56 Å². The van der Waals surface area contributed by atoms with E-state index in [2.05, 4.69) is 5.10 Å². The van der Waals surface area contributed by atoms with Gasteiger partial charge in [-0.2, -0.15) is 0 Å². The Hall–Kier alpha value is -1.52. The van der Waals surface area contributed by atoms with Gasteiger partial charge in [0, 0.05) is 13.1 Å². The van der Waals surface area contributed by atoms with Gasteiger partial charge >= 0.3 is 0 Å². The lowest BCUT2D eigenvalue weighted by molar-refractivity contribution is 0.694. The van der Waals surface area contributed by atoms with Crippen molar-refractivity contribution in [2.75, 3.05) is 5.73 Å². The number of nitrogen functional groups attached to an aromatic ring is 1. The molecule has 10 heavy (non-hydrogen) atoms. The normalized spacial score (nSPS) is 9.70. The Balaban J connectivity index is 3.59. The van der Waals surface area contributed by atoms with Crippen LogP contribution >= 0.6 is 0 Å². The van der Waals surface area contributed by atoms with Crippen molar-refractivity contribution in [3.05, 3.63) is 26.8 Å². The lowest BCUT2D eigenvalue weighted by atomic mass is 10.5. The number of aromatic nitrogens is 2. The minimum Gasteiger partial charge on any atom is -0.394 e. The maximum atomic E-state index is 10.7. The molecule has 0 aliphatic rings. The molecule has 5 nitrogen and oxygen atoms in total. The standard InChI is InChI=1S/C5H7N3O2/c1-8-4(9)2-3(6)5(10)7-8/h2H,6H2,1H3,(H,7,10). The molecule has 0 unspecified atom stereocenters. The van der Waals surface area contributed by atoms with Crippen LogP contribution in [0.5, 0.6) is 0 Å². The summed E-state index contributed by atoms with van der Waals surface area (Å²) in [5.74, 6) is 0. The van der Waals surface area contributed by atoms with Crippen LogP contribution in [0.3, 0.4) is 0 Å². The van der Waals surface area contributed by atoms with E-state index in [9.17, 15) is 9.59 Å². The second-order valence-electron chi connectivity index (χ2n) is 1.94. The van der Waals surface area contributed by atoms with Gasteiger partial charge in [-0.25, -0.2) is 0 Å². The summed E-state index contributed by atoms with van der Waals surface area (Å²) < 4.78 is 1.07. The average Bonchev–Trinajstić information content (AvgIpc) is 1.84. The maximum Gasteiger partial charge on any atom is 0.285 e. The van der Waals surface area contributed by atoms with Crippen LogP contribution < -0.4 is 16.9 Å². The van der Waals surface area contributed by atoms with Gasteiger partial charge in [-0.3, -0.25) is 19.4 Å². The summed E-state index contributed by atoms with van der Waals surface area (Å²) in [6, 6.07) is 1.08. The fourth-order valence-electron chi connectivity index (χ4n) is 0.567. The first-order valence-corrected chi connectivity index (χ1v) is 2.67. The average molecular weight is 141 g/mol. The fraction of sp³-hybridized carbons (Fsp3) is 0.200. The third-order valence-electron chi connectivity index (χ3n) is 1.14. The lowest BCUT2D eigenvalue weighted by Crippen LogP contribution is -2.27. The molecule has 0 aliphatic carbocycles. The Kier molecular flexibility index (Phi) is 1.33. The van der Waals surface area contributed by atoms with E-state index in [1.54, 1.807) is 0 Å². The highest BCUT2D eigenvalue weighted by molar-refractivity contribution is 5.31. The first-order chi connectivity index (χ1) is 4.61. The molecule has 5 heteroatoms. The molecule has 54 valence electrons. The van der Waals surface area contributed by atoms with Gasteiger partial charge in [0.2, 0.25) is 0 Å². The Bertz CT molecular complexity index is 313. The van der Waals surface area contributed by atoms with Crippen LogP contribution in [0.1, 0.15) is 0 Å². The molecule has 1 aromatic heterocycles. The number of nitrogens with zero attached hydrogens (tertiary/aromatic N) is 1. The lowest BCUT2D eigenvalue weighted by Gasteiger charge is -1.94. The highest BCUT2D eigenvalue weighted by Crippen LogP contribution is 1.78. The Morgan fingerprint density at radius 2 is 2.20 bits per heavy atom. The third kappa shape index (κ3) is 0.928. The third-order valence-corrected chi connectivity index (χ3v) is 1.14. The highest BCUT2D eigenvalue weighted by atomic mass is 16.2. The summed E-state index contributed by atoms with van der Waals surface area (Å²) in [4.78, 5) is 21.4. The summed E-state index contributed by atoms with van der Waals surface area (Å²) in [7, 11) is 1.45. The van der Waals surface area contributed by atoms with Crippen molar-refractivity contribution in [3.63, 3.8) is 0 Å². The summed E-state index contributed by atoms with van der Waals surface area (Å²) in [6.07, 6.45) is 0. The van der Waals surface area contributed by atoms with E-state index in [1.165, 1.54) is 7.05 Å². The molecule has 0 spiro atoms. The van der Waals surface area contributed by atoms with Crippen molar-refractivity contribution >= 4 is 5.69 Å². The largest absolute Gasteiger partial charge is 0.394 e. The fourth-order valence-corrected chi connectivity index (χ4v) is 0.567. The second-order valence-corrected chi connectivity index (χ2v) is 1.94. The van der Waals surface area contributed by atoms with Crippen LogP contribution in [0.4, 0.5) is 5.69 Å². The molecule has 0 bridgehead atoms. The van der Waals surface area contributed by atoms with Gasteiger partial charge in [0.25, 0.3) is 11.1 Å². The minimum absolute atomic E-state index is 0.0527. The van der Waals surface area contributed by atoms with Gasteiger partial charge in [0.1, 0.15) is 5.69 Å². The van der Waals surface area contributed by atoms with Gasteiger partial charge < -0.3 is 5.73 Å². The number of hydrogen-bond donors (Lipinski definition) is 2. The van der Waals surface area contributed by atoms with Crippen LogP contribution in [0.2, 0.25) is 0 Å². The van der Waals surface area contributed by atoms with E-state index in [-0.39, 0.29) is 11.2 Å². The molecule has 0 atom stereocenters. The molecule has 0 saturated carbocycles. The summed E-state index contributed by atoms with van der Waals surface area (Å²) >= 11 is 0. The molecule has 0 fully saturated rings.